The van der Waals surface area contributed by atoms with Gasteiger partial charge in [-0.2, -0.15) is 5.10 Å². The molecule has 6 heteroatoms. The largest absolute Gasteiger partial charge is 0.491 e. The maximum atomic E-state index is 6.10. The van der Waals surface area contributed by atoms with E-state index in [1.165, 1.54) is 24.0 Å². The number of aromatic nitrogens is 4. The van der Waals surface area contributed by atoms with Crippen LogP contribution in [0.1, 0.15) is 48.2 Å². The summed E-state index contributed by atoms with van der Waals surface area (Å²) in [5, 5.41) is 5.02. The fourth-order valence-electron chi connectivity index (χ4n) is 5.12. The Morgan fingerprint density at radius 3 is 2.83 bits per heavy atom. The topological polar surface area (TPSA) is 62.1 Å². The molecular formula is C29H30N4O2. The van der Waals surface area contributed by atoms with Gasteiger partial charge >= 0.3 is 0 Å². The van der Waals surface area contributed by atoms with Crippen molar-refractivity contribution in [2.75, 3.05) is 13.2 Å². The Kier molecular flexibility index (Phi) is 6.28. The highest BCUT2D eigenvalue weighted by molar-refractivity contribution is 5.62. The summed E-state index contributed by atoms with van der Waals surface area (Å²) >= 11 is 0. The third-order valence-electron chi connectivity index (χ3n) is 6.89. The summed E-state index contributed by atoms with van der Waals surface area (Å²) in [7, 11) is 0. The zero-order chi connectivity index (χ0) is 23.5. The van der Waals surface area contributed by atoms with E-state index in [1.54, 1.807) is 6.20 Å². The summed E-state index contributed by atoms with van der Waals surface area (Å²) in [4.78, 5) is 9.28. The van der Waals surface area contributed by atoms with Crippen LogP contribution in [-0.4, -0.2) is 39.1 Å². The molecule has 1 aliphatic heterocycles. The number of nitrogens with zero attached hydrogens (tertiary/aromatic N) is 4. The number of rotatable bonds is 7. The van der Waals surface area contributed by atoms with Crippen molar-refractivity contribution in [2.45, 2.75) is 51.0 Å². The fraction of sp³-hybridized carbons (Fsp3) is 0.345. The van der Waals surface area contributed by atoms with E-state index >= 15 is 0 Å². The Balaban J connectivity index is 1.38. The third-order valence-corrected chi connectivity index (χ3v) is 6.89. The predicted octanol–water partition coefficient (Wildman–Crippen LogP) is 5.36. The van der Waals surface area contributed by atoms with Gasteiger partial charge in [0.25, 0.3) is 0 Å². The first-order valence-electron chi connectivity index (χ1n) is 12.6. The Morgan fingerprint density at radius 1 is 1.00 bits per heavy atom. The summed E-state index contributed by atoms with van der Waals surface area (Å²) < 4.78 is 13.9. The fourth-order valence-corrected chi connectivity index (χ4v) is 5.12. The molecule has 1 atom stereocenters. The predicted molar refractivity (Wildman–Crippen MR) is 135 cm³/mol. The van der Waals surface area contributed by atoms with Gasteiger partial charge in [-0.25, -0.2) is 9.67 Å². The molecule has 1 fully saturated rings. The molecule has 2 aromatic carbocycles. The first kappa shape index (κ1) is 22.0. The van der Waals surface area contributed by atoms with Gasteiger partial charge < -0.3 is 9.47 Å². The van der Waals surface area contributed by atoms with Gasteiger partial charge in [0.15, 0.2) is 11.6 Å². The molecule has 2 aromatic heterocycles. The van der Waals surface area contributed by atoms with Gasteiger partial charge in [0, 0.05) is 31.0 Å². The van der Waals surface area contributed by atoms with E-state index in [4.69, 9.17) is 19.6 Å². The van der Waals surface area contributed by atoms with Crippen molar-refractivity contribution >= 4 is 0 Å². The molecule has 35 heavy (non-hydrogen) atoms. The summed E-state index contributed by atoms with van der Waals surface area (Å²) in [6.07, 6.45) is 11.3. The summed E-state index contributed by atoms with van der Waals surface area (Å²) in [5.74, 6) is 2.45. The van der Waals surface area contributed by atoms with Crippen molar-refractivity contribution in [3.63, 3.8) is 0 Å². The Labute approximate surface area is 206 Å². The molecule has 4 aromatic rings. The number of benzene rings is 2. The van der Waals surface area contributed by atoms with E-state index in [0.717, 1.165) is 66.5 Å². The monoisotopic (exact) mass is 466 g/mol. The van der Waals surface area contributed by atoms with E-state index < -0.39 is 0 Å². The maximum absolute atomic E-state index is 6.10. The van der Waals surface area contributed by atoms with Gasteiger partial charge in [-0.3, -0.25) is 4.98 Å². The molecule has 1 saturated heterocycles. The summed E-state index contributed by atoms with van der Waals surface area (Å²) in [6, 6.07) is 18.8. The third kappa shape index (κ3) is 4.84. The second kappa shape index (κ2) is 10.0. The molecule has 0 bridgehead atoms. The number of hydrogen-bond donors (Lipinski definition) is 0. The van der Waals surface area contributed by atoms with Crippen molar-refractivity contribution in [1.82, 2.24) is 19.7 Å². The van der Waals surface area contributed by atoms with Crippen LogP contribution in [-0.2, 0) is 24.0 Å². The second-order valence-corrected chi connectivity index (χ2v) is 9.40. The van der Waals surface area contributed by atoms with Gasteiger partial charge in [0.2, 0.25) is 0 Å². The number of ether oxygens (including phenoxy) is 2. The highest BCUT2D eigenvalue weighted by atomic mass is 16.5. The lowest BCUT2D eigenvalue weighted by atomic mass is 9.90. The molecular weight excluding hydrogens is 436 g/mol. The van der Waals surface area contributed by atoms with Crippen LogP contribution < -0.4 is 4.74 Å². The number of aryl methyl sites for hydroxylation is 1. The normalized spacial score (nSPS) is 17.3. The second-order valence-electron chi connectivity index (χ2n) is 9.40. The van der Waals surface area contributed by atoms with Crippen LogP contribution in [0.4, 0.5) is 0 Å². The lowest BCUT2D eigenvalue weighted by Crippen LogP contribution is -2.16. The molecule has 1 aliphatic carbocycles. The number of fused-ring (bicyclic) bond motifs is 1. The van der Waals surface area contributed by atoms with Gasteiger partial charge in [0.05, 0.1) is 11.8 Å². The highest BCUT2D eigenvalue weighted by Crippen LogP contribution is 2.31. The molecule has 0 saturated carbocycles. The number of pyridine rings is 1. The summed E-state index contributed by atoms with van der Waals surface area (Å²) in [5.41, 5.74) is 6.04. The van der Waals surface area contributed by atoms with E-state index in [9.17, 15) is 0 Å². The van der Waals surface area contributed by atoms with E-state index in [1.807, 2.05) is 29.1 Å². The van der Waals surface area contributed by atoms with Gasteiger partial charge in [-0.05, 0) is 79.5 Å². The molecule has 0 spiro atoms. The number of hydrogen-bond acceptors (Lipinski definition) is 5. The molecule has 6 rings (SSSR count). The lowest BCUT2D eigenvalue weighted by molar-refractivity contribution is 0.0680. The van der Waals surface area contributed by atoms with Crippen molar-refractivity contribution in [2.24, 2.45) is 0 Å². The molecule has 6 nitrogen and oxygen atoms in total. The van der Waals surface area contributed by atoms with Crippen molar-refractivity contribution in [3.8, 4) is 22.8 Å². The quantitative estimate of drug-likeness (QED) is 0.367. The van der Waals surface area contributed by atoms with E-state index in [-0.39, 0.29) is 6.10 Å². The minimum Gasteiger partial charge on any atom is -0.491 e. The van der Waals surface area contributed by atoms with Crippen LogP contribution in [0.3, 0.4) is 0 Å². The van der Waals surface area contributed by atoms with Crippen molar-refractivity contribution < 1.29 is 9.47 Å². The first-order valence-corrected chi connectivity index (χ1v) is 12.6. The summed E-state index contributed by atoms with van der Waals surface area (Å²) in [6.45, 7) is 1.41. The molecule has 0 amide bonds. The maximum Gasteiger partial charge on any atom is 0.163 e. The highest BCUT2D eigenvalue weighted by Gasteiger charge is 2.21. The van der Waals surface area contributed by atoms with Crippen LogP contribution in [0.2, 0.25) is 0 Å². The zero-order valence-corrected chi connectivity index (χ0v) is 19.9. The zero-order valence-electron chi connectivity index (χ0n) is 19.9. The van der Waals surface area contributed by atoms with Crippen LogP contribution in [0.15, 0.2) is 67.0 Å². The standard InChI is InChI=1S/C29H30N4O2/c1-2-13-26-22(8-1)9-4-14-27(26)33-29(31-28(32-33)17-21-7-5-15-30-19-21)23-10-3-11-24(18-23)35-20-25-12-6-16-34-25/h3-5,7,9-11,14-15,18-19,25H,1-2,6,8,12-13,16-17,20H2. The average molecular weight is 467 g/mol. The van der Waals surface area contributed by atoms with Gasteiger partial charge in [-0.15, -0.1) is 0 Å². The Bertz CT molecular complexity index is 1300. The van der Waals surface area contributed by atoms with E-state index in [0.29, 0.717) is 13.0 Å². The molecule has 0 N–H and O–H groups in total. The molecule has 1 unspecified atom stereocenters. The minimum atomic E-state index is 0.184. The SMILES string of the molecule is c1cncc(Cc2nc(-c3cccc(OCC4CCCO4)c3)n(-c3cccc4c3CCCC4)n2)c1. The molecule has 3 heterocycles. The lowest BCUT2D eigenvalue weighted by Gasteiger charge is -2.20. The smallest absolute Gasteiger partial charge is 0.163 e. The van der Waals surface area contributed by atoms with Crippen LogP contribution in [0.25, 0.3) is 17.1 Å². The Hall–Kier alpha value is -3.51. The van der Waals surface area contributed by atoms with Crippen LogP contribution in [0.5, 0.6) is 5.75 Å². The van der Waals surface area contributed by atoms with E-state index in [2.05, 4.69) is 41.4 Å². The minimum absolute atomic E-state index is 0.184. The van der Waals surface area contributed by atoms with Crippen molar-refractivity contribution in [3.05, 3.63) is 89.5 Å². The molecule has 2 aliphatic rings. The molecule has 178 valence electrons. The van der Waals surface area contributed by atoms with Crippen LogP contribution in [0, 0.1) is 0 Å². The van der Waals surface area contributed by atoms with Gasteiger partial charge in [0.1, 0.15) is 12.4 Å². The van der Waals surface area contributed by atoms with Crippen molar-refractivity contribution in [1.29, 1.82) is 0 Å². The average Bonchev–Trinajstić information content (AvgIpc) is 3.58. The first-order chi connectivity index (χ1) is 17.3. The molecule has 0 radical (unpaired) electrons. The van der Waals surface area contributed by atoms with Crippen LogP contribution >= 0.6 is 0 Å². The Morgan fingerprint density at radius 2 is 1.94 bits per heavy atom. The van der Waals surface area contributed by atoms with Gasteiger partial charge in [-0.1, -0.05) is 30.3 Å².